The second kappa shape index (κ2) is 6.17. The molecule has 0 amide bonds. The minimum atomic E-state index is -2.15. The van der Waals surface area contributed by atoms with E-state index in [1.54, 1.807) is 24.3 Å². The number of hydrogen-bond donors (Lipinski definition) is 0. The third-order valence-corrected chi connectivity index (χ3v) is 3.88. The fourth-order valence-corrected chi connectivity index (χ4v) is 2.57. The van der Waals surface area contributed by atoms with Crippen LogP contribution in [0.4, 0.5) is 0 Å². The Labute approximate surface area is 104 Å². The molecule has 0 aliphatic heterocycles. The van der Waals surface area contributed by atoms with Crippen molar-refractivity contribution in [2.75, 3.05) is 6.61 Å². The summed E-state index contributed by atoms with van der Waals surface area (Å²) in [6, 6.07) is 6.57. The minimum Gasteiger partial charge on any atom is -0.768 e. The summed E-state index contributed by atoms with van der Waals surface area (Å²) in [5.41, 5.74) is 0. The van der Waals surface area contributed by atoms with E-state index in [0.29, 0.717) is 10.8 Å². The first-order chi connectivity index (χ1) is 8.25. The van der Waals surface area contributed by atoms with Crippen molar-refractivity contribution >= 4 is 11.1 Å². The van der Waals surface area contributed by atoms with Gasteiger partial charge in [0.05, 0.1) is 6.61 Å². The molecule has 1 fully saturated rings. The van der Waals surface area contributed by atoms with E-state index in [1.165, 1.54) is 32.1 Å². The molecule has 0 bridgehead atoms. The second-order valence-corrected chi connectivity index (χ2v) is 5.46. The Kier molecular flexibility index (Phi) is 4.57. The number of ether oxygens (including phenoxy) is 1. The van der Waals surface area contributed by atoms with Crippen molar-refractivity contribution < 1.29 is 13.5 Å². The molecule has 94 valence electrons. The highest BCUT2D eigenvalue weighted by Gasteiger charge is 2.13. The number of hydrogen-bond acceptors (Lipinski definition) is 3. The summed E-state index contributed by atoms with van der Waals surface area (Å²) in [6.07, 6.45) is 6.47. The van der Waals surface area contributed by atoms with Crippen molar-refractivity contribution in [2.45, 2.75) is 37.0 Å². The van der Waals surface area contributed by atoms with Crippen LogP contribution in [-0.2, 0) is 11.1 Å². The van der Waals surface area contributed by atoms with Crippen LogP contribution in [-0.4, -0.2) is 15.4 Å². The van der Waals surface area contributed by atoms with Gasteiger partial charge >= 0.3 is 0 Å². The highest BCUT2D eigenvalue weighted by Crippen LogP contribution is 2.24. The van der Waals surface area contributed by atoms with Gasteiger partial charge in [-0.05, 0) is 54.1 Å². The van der Waals surface area contributed by atoms with Gasteiger partial charge in [-0.2, -0.15) is 0 Å². The van der Waals surface area contributed by atoms with E-state index in [9.17, 15) is 8.76 Å². The summed E-state index contributed by atoms with van der Waals surface area (Å²) >= 11 is -2.15. The van der Waals surface area contributed by atoms with Crippen LogP contribution in [0.3, 0.4) is 0 Å². The first-order valence-corrected chi connectivity index (χ1v) is 7.15. The quantitative estimate of drug-likeness (QED) is 0.775. The third-order valence-electron chi connectivity index (χ3n) is 3.23. The van der Waals surface area contributed by atoms with Gasteiger partial charge in [0.1, 0.15) is 5.75 Å². The van der Waals surface area contributed by atoms with E-state index in [0.717, 1.165) is 12.4 Å². The first kappa shape index (κ1) is 12.6. The molecule has 1 aliphatic rings. The van der Waals surface area contributed by atoms with E-state index in [-0.39, 0.29) is 0 Å². The Balaban J connectivity index is 1.84. The number of benzene rings is 1. The van der Waals surface area contributed by atoms with Crippen LogP contribution in [0.2, 0.25) is 0 Å². The lowest BCUT2D eigenvalue weighted by atomic mass is 9.90. The van der Waals surface area contributed by atoms with E-state index in [2.05, 4.69) is 0 Å². The Morgan fingerprint density at radius 1 is 1.18 bits per heavy atom. The highest BCUT2D eigenvalue weighted by atomic mass is 32.2. The first-order valence-electron chi connectivity index (χ1n) is 6.08. The largest absolute Gasteiger partial charge is 0.768 e. The van der Waals surface area contributed by atoms with Crippen molar-refractivity contribution in [3.63, 3.8) is 0 Å². The summed E-state index contributed by atoms with van der Waals surface area (Å²) < 4.78 is 27.0. The zero-order valence-corrected chi connectivity index (χ0v) is 10.6. The summed E-state index contributed by atoms with van der Waals surface area (Å²) in [7, 11) is 0. The lowest BCUT2D eigenvalue weighted by Gasteiger charge is -2.21. The standard InChI is InChI=1S/C13H18O3S/c14-17(15)13-8-6-12(7-9-13)16-10-11-4-2-1-3-5-11/h6-9,11H,1-5,10H2,(H,14,15)/p-1. The average molecular weight is 253 g/mol. The smallest absolute Gasteiger partial charge is 0.119 e. The van der Waals surface area contributed by atoms with Gasteiger partial charge in [0.15, 0.2) is 0 Å². The molecule has 0 aromatic heterocycles. The van der Waals surface area contributed by atoms with Crippen molar-refractivity contribution in [3.8, 4) is 5.75 Å². The van der Waals surface area contributed by atoms with Crippen molar-refractivity contribution in [3.05, 3.63) is 24.3 Å². The third kappa shape index (κ3) is 3.82. The maximum atomic E-state index is 10.7. The summed E-state index contributed by atoms with van der Waals surface area (Å²) in [5.74, 6) is 1.42. The molecule has 2 rings (SSSR count). The molecule has 1 aromatic rings. The lowest BCUT2D eigenvalue weighted by molar-refractivity contribution is 0.209. The Morgan fingerprint density at radius 3 is 2.41 bits per heavy atom. The van der Waals surface area contributed by atoms with E-state index >= 15 is 0 Å². The zero-order chi connectivity index (χ0) is 12.1. The van der Waals surface area contributed by atoms with Gasteiger partial charge in [0.25, 0.3) is 0 Å². The molecule has 1 saturated carbocycles. The highest BCUT2D eigenvalue weighted by molar-refractivity contribution is 7.79. The van der Waals surface area contributed by atoms with Crippen molar-refractivity contribution in [1.29, 1.82) is 0 Å². The normalized spacial score (nSPS) is 18.9. The fourth-order valence-electron chi connectivity index (χ4n) is 2.21. The fraction of sp³-hybridized carbons (Fsp3) is 0.538. The van der Waals surface area contributed by atoms with Crippen LogP contribution < -0.4 is 4.74 Å². The van der Waals surface area contributed by atoms with Gasteiger partial charge in [-0.15, -0.1) is 0 Å². The second-order valence-electron chi connectivity index (χ2n) is 4.52. The van der Waals surface area contributed by atoms with Gasteiger partial charge < -0.3 is 9.29 Å². The summed E-state index contributed by atoms with van der Waals surface area (Å²) in [6.45, 7) is 0.750. The Morgan fingerprint density at radius 2 is 1.82 bits per heavy atom. The van der Waals surface area contributed by atoms with Crippen LogP contribution in [0.15, 0.2) is 29.2 Å². The van der Waals surface area contributed by atoms with Gasteiger partial charge in [0, 0.05) is 4.90 Å². The average Bonchev–Trinajstić information content (AvgIpc) is 2.38. The molecule has 0 N–H and O–H groups in total. The van der Waals surface area contributed by atoms with E-state index < -0.39 is 11.1 Å². The minimum absolute atomic E-state index is 0.301. The Hall–Kier alpha value is -0.870. The molecule has 0 spiro atoms. The summed E-state index contributed by atoms with van der Waals surface area (Å²) in [4.78, 5) is 0.301. The lowest BCUT2D eigenvalue weighted by Crippen LogP contribution is -2.15. The van der Waals surface area contributed by atoms with Crippen molar-refractivity contribution in [1.82, 2.24) is 0 Å². The topological polar surface area (TPSA) is 49.4 Å². The SMILES string of the molecule is O=S([O-])c1ccc(OCC2CCCCC2)cc1. The van der Waals surface area contributed by atoms with E-state index in [4.69, 9.17) is 4.74 Å². The van der Waals surface area contributed by atoms with Crippen LogP contribution in [0.25, 0.3) is 0 Å². The molecule has 3 nitrogen and oxygen atoms in total. The molecule has 1 unspecified atom stereocenters. The maximum absolute atomic E-state index is 10.7. The maximum Gasteiger partial charge on any atom is 0.119 e. The van der Waals surface area contributed by atoms with Gasteiger partial charge in [-0.1, -0.05) is 19.3 Å². The van der Waals surface area contributed by atoms with Gasteiger partial charge in [-0.3, -0.25) is 4.21 Å². The molecule has 0 heterocycles. The van der Waals surface area contributed by atoms with Crippen LogP contribution in [0, 0.1) is 5.92 Å². The molecule has 1 aromatic carbocycles. The number of rotatable bonds is 4. The monoisotopic (exact) mass is 253 g/mol. The predicted molar refractivity (Wildman–Crippen MR) is 65.7 cm³/mol. The van der Waals surface area contributed by atoms with Crippen molar-refractivity contribution in [2.24, 2.45) is 5.92 Å². The van der Waals surface area contributed by atoms with Crippen LogP contribution in [0.5, 0.6) is 5.75 Å². The Bertz CT molecular complexity index is 369. The molecule has 1 atom stereocenters. The van der Waals surface area contributed by atoms with E-state index in [1.807, 2.05) is 0 Å². The molecular weight excluding hydrogens is 236 g/mol. The molecule has 0 radical (unpaired) electrons. The predicted octanol–water partition coefficient (Wildman–Crippen LogP) is 2.88. The molecule has 4 heteroatoms. The van der Waals surface area contributed by atoms with Crippen LogP contribution in [0.1, 0.15) is 32.1 Å². The van der Waals surface area contributed by atoms with Gasteiger partial charge in [-0.25, -0.2) is 0 Å². The molecule has 1 aliphatic carbocycles. The summed E-state index contributed by atoms with van der Waals surface area (Å²) in [5, 5.41) is 0. The zero-order valence-electron chi connectivity index (χ0n) is 9.76. The molecular formula is C13H17O3S-. The molecule has 0 saturated heterocycles. The van der Waals surface area contributed by atoms with Gasteiger partial charge in [0.2, 0.25) is 0 Å². The van der Waals surface area contributed by atoms with Crippen LogP contribution >= 0.6 is 0 Å². The molecule has 17 heavy (non-hydrogen) atoms.